The van der Waals surface area contributed by atoms with Gasteiger partial charge >= 0.3 is 0 Å². The maximum Gasteiger partial charge on any atom is 0.137 e. The fourth-order valence-electron chi connectivity index (χ4n) is 6.16. The van der Waals surface area contributed by atoms with Gasteiger partial charge in [-0.05, 0) is 52.6 Å². The summed E-state index contributed by atoms with van der Waals surface area (Å²) in [6.45, 7) is 0. The first kappa shape index (κ1) is 22.2. The molecule has 9 rings (SSSR count). The van der Waals surface area contributed by atoms with Crippen molar-refractivity contribution in [3.63, 3.8) is 0 Å². The van der Waals surface area contributed by atoms with Gasteiger partial charge in [0.15, 0.2) is 0 Å². The molecule has 190 valence electrons. The molecular formula is C36H21N5. The van der Waals surface area contributed by atoms with Gasteiger partial charge in [0.05, 0.1) is 33.5 Å². The Bertz CT molecular complexity index is 2480. The molecule has 0 aliphatic carbocycles. The summed E-state index contributed by atoms with van der Waals surface area (Å²) >= 11 is 0. The zero-order chi connectivity index (χ0) is 26.9. The third kappa shape index (κ3) is 3.23. The Hall–Kier alpha value is -5.68. The van der Waals surface area contributed by atoms with Crippen LogP contribution in [0.5, 0.6) is 0 Å². The van der Waals surface area contributed by atoms with Crippen LogP contribution in [-0.2, 0) is 0 Å². The molecule has 41 heavy (non-hydrogen) atoms. The Balaban J connectivity index is 1.40. The first-order valence-corrected chi connectivity index (χ1v) is 13.7. The molecular weight excluding hydrogens is 502 g/mol. The van der Waals surface area contributed by atoms with E-state index in [1.165, 1.54) is 5.39 Å². The number of benzene rings is 5. The number of aromatic nitrogens is 5. The van der Waals surface area contributed by atoms with E-state index in [2.05, 4.69) is 101 Å². The summed E-state index contributed by atoms with van der Waals surface area (Å²) < 4.78 is 2.18. The first-order chi connectivity index (χ1) is 20.3. The van der Waals surface area contributed by atoms with E-state index in [1.54, 1.807) is 0 Å². The predicted octanol–water partition coefficient (Wildman–Crippen LogP) is 8.62. The summed E-state index contributed by atoms with van der Waals surface area (Å²) in [5, 5.41) is 6.84. The van der Waals surface area contributed by atoms with Gasteiger partial charge < -0.3 is 0 Å². The van der Waals surface area contributed by atoms with Crippen molar-refractivity contribution in [1.29, 1.82) is 0 Å². The lowest BCUT2D eigenvalue weighted by Crippen LogP contribution is -1.97. The molecule has 0 fully saturated rings. The minimum absolute atomic E-state index is 0.772. The molecule has 5 aromatic carbocycles. The maximum absolute atomic E-state index is 5.24. The number of rotatable bonds is 2. The molecule has 0 saturated carbocycles. The van der Waals surface area contributed by atoms with Gasteiger partial charge in [-0.3, -0.25) is 9.38 Å². The predicted molar refractivity (Wildman–Crippen MR) is 167 cm³/mol. The van der Waals surface area contributed by atoms with Crippen molar-refractivity contribution < 1.29 is 0 Å². The molecule has 0 saturated heterocycles. The fraction of sp³-hybridized carbons (Fsp3) is 0. The van der Waals surface area contributed by atoms with E-state index in [9.17, 15) is 0 Å². The highest BCUT2D eigenvalue weighted by atomic mass is 15.0. The lowest BCUT2D eigenvalue weighted by molar-refractivity contribution is 1.23. The van der Waals surface area contributed by atoms with Crippen LogP contribution in [0.2, 0.25) is 0 Å². The van der Waals surface area contributed by atoms with E-state index in [1.807, 2.05) is 36.5 Å². The molecule has 0 spiro atoms. The highest BCUT2D eigenvalue weighted by Gasteiger charge is 2.19. The van der Waals surface area contributed by atoms with E-state index in [-0.39, 0.29) is 0 Å². The van der Waals surface area contributed by atoms with Crippen molar-refractivity contribution in [3.05, 3.63) is 128 Å². The third-order valence-corrected chi connectivity index (χ3v) is 8.02. The summed E-state index contributed by atoms with van der Waals surface area (Å²) in [7, 11) is 0. The smallest absolute Gasteiger partial charge is 0.137 e. The average molecular weight is 524 g/mol. The van der Waals surface area contributed by atoms with E-state index in [0.29, 0.717) is 0 Å². The molecule has 0 aliphatic rings. The second kappa shape index (κ2) is 8.41. The van der Waals surface area contributed by atoms with Gasteiger partial charge in [-0.1, -0.05) is 78.9 Å². The van der Waals surface area contributed by atoms with Crippen molar-refractivity contribution in [3.8, 4) is 22.6 Å². The molecule has 4 aromatic heterocycles. The fourth-order valence-corrected chi connectivity index (χ4v) is 6.16. The van der Waals surface area contributed by atoms with Crippen LogP contribution in [0.1, 0.15) is 0 Å². The minimum atomic E-state index is 0.772. The molecule has 0 aliphatic heterocycles. The largest absolute Gasteiger partial charge is 0.299 e. The molecule has 0 unspecified atom stereocenters. The summed E-state index contributed by atoms with van der Waals surface area (Å²) in [6.07, 6.45) is 3.90. The molecule has 0 N–H and O–H groups in total. The molecule has 5 heteroatoms. The maximum atomic E-state index is 5.24. The Morgan fingerprint density at radius 1 is 0.512 bits per heavy atom. The molecule has 0 radical (unpaired) electrons. The topological polar surface area (TPSA) is 56.0 Å². The number of imidazole rings is 1. The van der Waals surface area contributed by atoms with Gasteiger partial charge in [-0.2, -0.15) is 0 Å². The molecule has 0 amide bonds. The van der Waals surface area contributed by atoms with Crippen LogP contribution in [0.4, 0.5) is 0 Å². The van der Waals surface area contributed by atoms with Crippen LogP contribution in [0.3, 0.4) is 0 Å². The summed E-state index contributed by atoms with van der Waals surface area (Å²) in [5.74, 6) is 0. The van der Waals surface area contributed by atoms with Gasteiger partial charge in [-0.15, -0.1) is 0 Å². The van der Waals surface area contributed by atoms with Crippen molar-refractivity contribution in [1.82, 2.24) is 24.3 Å². The minimum Gasteiger partial charge on any atom is -0.299 e. The van der Waals surface area contributed by atoms with Gasteiger partial charge in [0, 0.05) is 34.1 Å². The van der Waals surface area contributed by atoms with Crippen LogP contribution < -0.4 is 0 Å². The SMILES string of the molecule is c1ccc(-c2nc3c(ccc4ccccc43)nc2-c2ccc3c(c2)c2ccccc2c2nc4ccccn4c32)nc1. The molecule has 0 bridgehead atoms. The standard InChI is InChI=1S/C36H21N5/c1-2-10-24-22(9-1)16-18-30-33(24)40-35(29-13-5-7-19-37-29)32(38-30)23-15-17-27-28(21-23)25-11-3-4-12-26(25)34-36(27)41-20-8-6-14-31(41)39-34/h1-21H. The number of pyridine rings is 2. The van der Waals surface area contributed by atoms with E-state index in [4.69, 9.17) is 15.0 Å². The second-order valence-electron chi connectivity index (χ2n) is 10.3. The van der Waals surface area contributed by atoms with Crippen LogP contribution in [0, 0.1) is 0 Å². The molecule has 9 aromatic rings. The first-order valence-electron chi connectivity index (χ1n) is 13.7. The van der Waals surface area contributed by atoms with Crippen molar-refractivity contribution in [2.24, 2.45) is 0 Å². The highest BCUT2D eigenvalue weighted by Crippen LogP contribution is 2.39. The van der Waals surface area contributed by atoms with Crippen molar-refractivity contribution in [2.75, 3.05) is 0 Å². The lowest BCUT2D eigenvalue weighted by atomic mass is 9.96. The van der Waals surface area contributed by atoms with Crippen molar-refractivity contribution >= 4 is 60.0 Å². The second-order valence-corrected chi connectivity index (χ2v) is 10.3. The van der Waals surface area contributed by atoms with Gasteiger partial charge in [0.2, 0.25) is 0 Å². The van der Waals surface area contributed by atoms with Gasteiger partial charge in [-0.25, -0.2) is 15.0 Å². The molecule has 5 nitrogen and oxygen atoms in total. The summed E-state index contributed by atoms with van der Waals surface area (Å²) in [6, 6.07) is 39.7. The van der Waals surface area contributed by atoms with E-state index < -0.39 is 0 Å². The zero-order valence-corrected chi connectivity index (χ0v) is 21.9. The van der Waals surface area contributed by atoms with Crippen LogP contribution in [0.25, 0.3) is 82.7 Å². The Labute approximate surface area is 234 Å². The lowest BCUT2D eigenvalue weighted by Gasteiger charge is -2.13. The normalized spacial score (nSPS) is 11.9. The Kier molecular flexibility index (Phi) is 4.55. The Morgan fingerprint density at radius 3 is 2.24 bits per heavy atom. The van der Waals surface area contributed by atoms with Crippen LogP contribution >= 0.6 is 0 Å². The molecule has 0 atom stereocenters. The Morgan fingerprint density at radius 2 is 1.34 bits per heavy atom. The summed E-state index contributed by atoms with van der Waals surface area (Å²) in [5.41, 5.74) is 8.19. The van der Waals surface area contributed by atoms with Gasteiger partial charge in [0.1, 0.15) is 11.3 Å². The quantitative estimate of drug-likeness (QED) is 0.213. The van der Waals surface area contributed by atoms with Crippen molar-refractivity contribution in [2.45, 2.75) is 0 Å². The average Bonchev–Trinajstić information content (AvgIpc) is 3.44. The molecule has 4 heterocycles. The van der Waals surface area contributed by atoms with E-state index >= 15 is 0 Å². The zero-order valence-electron chi connectivity index (χ0n) is 21.9. The van der Waals surface area contributed by atoms with E-state index in [0.717, 1.165) is 77.3 Å². The summed E-state index contributed by atoms with van der Waals surface area (Å²) in [4.78, 5) is 20.2. The number of hydrogen-bond acceptors (Lipinski definition) is 4. The van der Waals surface area contributed by atoms with Gasteiger partial charge in [0.25, 0.3) is 0 Å². The monoisotopic (exact) mass is 523 g/mol. The number of hydrogen-bond donors (Lipinski definition) is 0. The van der Waals surface area contributed by atoms with Crippen LogP contribution in [-0.4, -0.2) is 24.3 Å². The number of nitrogens with zero attached hydrogens (tertiary/aromatic N) is 5. The van der Waals surface area contributed by atoms with Crippen LogP contribution in [0.15, 0.2) is 128 Å². The highest BCUT2D eigenvalue weighted by molar-refractivity contribution is 6.24. The third-order valence-electron chi connectivity index (χ3n) is 8.02. The number of fused-ring (bicyclic) bond motifs is 11.